The summed E-state index contributed by atoms with van der Waals surface area (Å²) in [5.74, 6) is 0. The van der Waals surface area contributed by atoms with Crippen molar-refractivity contribution in [3.63, 3.8) is 0 Å². The largest absolute Gasteiger partial charge is 0.302 e. The van der Waals surface area contributed by atoms with Gasteiger partial charge < -0.3 is 4.79 Å². The summed E-state index contributed by atoms with van der Waals surface area (Å²) in [5.41, 5.74) is -0.199. The van der Waals surface area contributed by atoms with Gasteiger partial charge in [0.2, 0.25) is 0 Å². The number of rotatable bonds is 5. The molecule has 0 amide bonds. The predicted octanol–water partition coefficient (Wildman–Crippen LogP) is 2.06. The molecule has 1 fully saturated rings. The number of non-ortho nitro benzene ring substituents is 1. The van der Waals surface area contributed by atoms with Crippen LogP contribution in [0.3, 0.4) is 0 Å². The zero-order valence-corrected chi connectivity index (χ0v) is 11.3. The van der Waals surface area contributed by atoms with E-state index in [2.05, 4.69) is 0 Å². The molecule has 0 aliphatic carbocycles. The van der Waals surface area contributed by atoms with Crippen molar-refractivity contribution in [1.82, 2.24) is 4.90 Å². The Labute approximate surface area is 120 Å². The summed E-state index contributed by atoms with van der Waals surface area (Å²) in [7, 11) is 0. The Morgan fingerprint density at radius 3 is 2.62 bits per heavy atom. The van der Waals surface area contributed by atoms with E-state index in [9.17, 15) is 25.0 Å². The third-order valence-electron chi connectivity index (χ3n) is 3.67. The van der Waals surface area contributed by atoms with Gasteiger partial charge in [-0.15, -0.1) is 0 Å². The van der Waals surface area contributed by atoms with Crippen molar-refractivity contribution in [3.8, 4) is 0 Å². The maximum atomic E-state index is 11.1. The smallest absolute Gasteiger partial charge is 0.280 e. The molecule has 1 unspecified atom stereocenters. The molecular formula is C13H15N3O5. The molecule has 1 aliphatic rings. The molecule has 0 bridgehead atoms. The van der Waals surface area contributed by atoms with Crippen LogP contribution < -0.4 is 0 Å². The number of hydrogen-bond donors (Lipinski definition) is 0. The molecule has 1 saturated heterocycles. The Hall–Kier alpha value is -2.35. The van der Waals surface area contributed by atoms with Crippen molar-refractivity contribution in [2.24, 2.45) is 0 Å². The second-order valence-electron chi connectivity index (χ2n) is 5.00. The molecule has 2 rings (SSSR count). The van der Waals surface area contributed by atoms with E-state index in [-0.39, 0.29) is 24.0 Å². The summed E-state index contributed by atoms with van der Waals surface area (Å²) in [5, 5.41) is 21.8. The van der Waals surface area contributed by atoms with Crippen LogP contribution in [0, 0.1) is 20.2 Å². The van der Waals surface area contributed by atoms with Crippen LogP contribution in [0.25, 0.3) is 0 Å². The second kappa shape index (κ2) is 6.40. The number of aldehydes is 1. The van der Waals surface area contributed by atoms with Gasteiger partial charge in [-0.05, 0) is 25.5 Å². The molecule has 1 aliphatic heterocycles. The van der Waals surface area contributed by atoms with E-state index in [1.54, 1.807) is 0 Å². The van der Waals surface area contributed by atoms with Gasteiger partial charge in [0.15, 0.2) is 0 Å². The van der Waals surface area contributed by atoms with Crippen LogP contribution in [0.5, 0.6) is 0 Å². The van der Waals surface area contributed by atoms with Gasteiger partial charge in [-0.3, -0.25) is 25.1 Å². The van der Waals surface area contributed by atoms with Crippen molar-refractivity contribution in [3.05, 3.63) is 44.0 Å². The number of hydrogen-bond acceptors (Lipinski definition) is 6. The summed E-state index contributed by atoms with van der Waals surface area (Å²) in [6.07, 6.45) is 3.49. The summed E-state index contributed by atoms with van der Waals surface area (Å²) in [6, 6.07) is 3.37. The zero-order valence-electron chi connectivity index (χ0n) is 11.3. The van der Waals surface area contributed by atoms with Gasteiger partial charge in [0.25, 0.3) is 11.4 Å². The first kappa shape index (κ1) is 15.0. The quantitative estimate of drug-likeness (QED) is 0.467. The number of nitro groups is 2. The lowest BCUT2D eigenvalue weighted by atomic mass is 10.0. The molecule has 0 saturated carbocycles. The third kappa shape index (κ3) is 3.40. The van der Waals surface area contributed by atoms with E-state index in [0.29, 0.717) is 12.1 Å². The van der Waals surface area contributed by atoms with Crippen LogP contribution in [0.2, 0.25) is 0 Å². The molecule has 1 aromatic rings. The highest BCUT2D eigenvalue weighted by Crippen LogP contribution is 2.27. The average molecular weight is 293 g/mol. The lowest BCUT2D eigenvalue weighted by Crippen LogP contribution is -2.39. The van der Waals surface area contributed by atoms with Gasteiger partial charge in [0.05, 0.1) is 22.0 Å². The van der Waals surface area contributed by atoms with Crippen LogP contribution in [-0.4, -0.2) is 33.6 Å². The number of carbonyl (C=O) groups is 1. The molecule has 8 heteroatoms. The third-order valence-corrected chi connectivity index (χ3v) is 3.67. The molecule has 0 radical (unpaired) electrons. The molecule has 0 N–H and O–H groups in total. The first-order valence-electron chi connectivity index (χ1n) is 6.64. The van der Waals surface area contributed by atoms with Crippen LogP contribution >= 0.6 is 0 Å². The fraction of sp³-hybridized carbons (Fsp3) is 0.462. The molecule has 1 heterocycles. The highest BCUT2D eigenvalue weighted by Gasteiger charge is 2.26. The summed E-state index contributed by atoms with van der Waals surface area (Å²) >= 11 is 0. The van der Waals surface area contributed by atoms with Crippen LogP contribution in [0.4, 0.5) is 11.4 Å². The van der Waals surface area contributed by atoms with Crippen LogP contribution in [-0.2, 0) is 11.3 Å². The lowest BCUT2D eigenvalue weighted by molar-refractivity contribution is -0.394. The van der Waals surface area contributed by atoms with Gasteiger partial charge in [-0.25, -0.2) is 0 Å². The number of nitrogens with zero attached hydrogens (tertiary/aromatic N) is 3. The number of likely N-dealkylation sites (tertiary alicyclic amines) is 1. The molecular weight excluding hydrogens is 278 g/mol. The number of benzene rings is 1. The average Bonchev–Trinajstić information content (AvgIpc) is 2.47. The highest BCUT2D eigenvalue weighted by molar-refractivity contribution is 5.58. The Balaban J connectivity index is 2.28. The molecule has 112 valence electrons. The van der Waals surface area contributed by atoms with Crippen molar-refractivity contribution >= 4 is 17.7 Å². The monoisotopic (exact) mass is 293 g/mol. The maximum Gasteiger partial charge on any atom is 0.280 e. The number of piperidine rings is 1. The van der Waals surface area contributed by atoms with Gasteiger partial charge in [0, 0.05) is 18.2 Å². The topological polar surface area (TPSA) is 107 Å². The van der Waals surface area contributed by atoms with Gasteiger partial charge >= 0.3 is 0 Å². The maximum absolute atomic E-state index is 11.1. The SMILES string of the molecule is O=CC1CCCCN1Cc1ccc([N+](=O)[O-])cc1[N+](=O)[O-]. The molecule has 0 spiro atoms. The van der Waals surface area contributed by atoms with E-state index < -0.39 is 9.85 Å². The summed E-state index contributed by atoms with van der Waals surface area (Å²) in [4.78, 5) is 33.4. The standard InChI is InChI=1S/C13H15N3O5/c17-9-12-3-1-2-6-14(12)8-10-4-5-11(15(18)19)7-13(10)16(20)21/h4-5,7,9,12H,1-3,6,8H2. The Morgan fingerprint density at radius 2 is 2.00 bits per heavy atom. The van der Waals surface area contributed by atoms with E-state index in [1.165, 1.54) is 12.1 Å². The minimum Gasteiger partial charge on any atom is -0.302 e. The minimum absolute atomic E-state index is 0.242. The van der Waals surface area contributed by atoms with E-state index in [1.807, 2.05) is 4.90 Å². The van der Waals surface area contributed by atoms with Gasteiger partial charge in [0.1, 0.15) is 6.29 Å². The molecule has 1 aromatic carbocycles. The normalized spacial score (nSPS) is 19.1. The minimum atomic E-state index is -0.661. The van der Waals surface area contributed by atoms with Crippen molar-refractivity contribution < 1.29 is 14.6 Å². The van der Waals surface area contributed by atoms with Gasteiger partial charge in [-0.1, -0.05) is 6.42 Å². The van der Waals surface area contributed by atoms with Crippen molar-refractivity contribution in [2.45, 2.75) is 31.8 Å². The van der Waals surface area contributed by atoms with Crippen LogP contribution in [0.1, 0.15) is 24.8 Å². The van der Waals surface area contributed by atoms with Crippen LogP contribution in [0.15, 0.2) is 18.2 Å². The van der Waals surface area contributed by atoms with Gasteiger partial charge in [-0.2, -0.15) is 0 Å². The summed E-state index contributed by atoms with van der Waals surface area (Å²) < 4.78 is 0. The summed E-state index contributed by atoms with van der Waals surface area (Å²) in [6.45, 7) is 0.940. The number of nitro benzene ring substituents is 2. The lowest BCUT2D eigenvalue weighted by Gasteiger charge is -2.31. The van der Waals surface area contributed by atoms with Crippen molar-refractivity contribution in [2.75, 3.05) is 6.54 Å². The molecule has 21 heavy (non-hydrogen) atoms. The predicted molar refractivity (Wildman–Crippen MR) is 73.9 cm³/mol. The Morgan fingerprint density at radius 1 is 1.24 bits per heavy atom. The van der Waals surface area contributed by atoms with E-state index >= 15 is 0 Å². The number of carbonyl (C=O) groups excluding carboxylic acids is 1. The fourth-order valence-electron chi connectivity index (χ4n) is 2.56. The van der Waals surface area contributed by atoms with E-state index in [4.69, 9.17) is 0 Å². The second-order valence-corrected chi connectivity index (χ2v) is 5.00. The molecule has 1 atom stereocenters. The first-order valence-corrected chi connectivity index (χ1v) is 6.64. The first-order chi connectivity index (χ1) is 10.0. The zero-order chi connectivity index (χ0) is 15.4. The fourth-order valence-corrected chi connectivity index (χ4v) is 2.56. The Kier molecular flexibility index (Phi) is 4.59. The van der Waals surface area contributed by atoms with Crippen molar-refractivity contribution in [1.29, 1.82) is 0 Å². The Bertz CT molecular complexity index is 575. The van der Waals surface area contributed by atoms with E-state index in [0.717, 1.165) is 31.6 Å². The molecule has 8 nitrogen and oxygen atoms in total. The molecule has 0 aromatic heterocycles. The highest BCUT2D eigenvalue weighted by atomic mass is 16.6.